The number of hydrogen-bond donors (Lipinski definition) is 4. The number of carbonyl (C=O) groups is 2. The van der Waals surface area contributed by atoms with Crippen LogP contribution in [0.25, 0.3) is 0 Å². The highest BCUT2D eigenvalue weighted by Gasteiger charge is 2.36. The summed E-state index contributed by atoms with van der Waals surface area (Å²) in [6.07, 6.45) is 7.67. The topological polar surface area (TPSA) is 115 Å². The van der Waals surface area contributed by atoms with E-state index >= 15 is 0 Å². The maximum atomic E-state index is 9.60. The largest absolute Gasteiger partial charge is 0.478 e. The van der Waals surface area contributed by atoms with Gasteiger partial charge in [0.1, 0.15) is 0 Å². The predicted octanol–water partition coefficient (Wildman–Crippen LogP) is 3.10. The second-order valence-electron chi connectivity index (χ2n) is 7.33. The van der Waals surface area contributed by atoms with Gasteiger partial charge in [-0.15, -0.1) is 0 Å². The van der Waals surface area contributed by atoms with Crippen LogP contribution in [0.4, 0.5) is 0 Å². The molecule has 6 heteroatoms. The molecule has 6 nitrogen and oxygen atoms in total. The molecule has 2 rings (SSSR count). The third kappa shape index (κ3) is 9.15. The molecule has 2 bridgehead atoms. The van der Waals surface area contributed by atoms with Gasteiger partial charge in [0.2, 0.25) is 0 Å². The normalized spacial score (nSPS) is 26.8. The Bertz CT molecular complexity index is 435. The van der Waals surface area contributed by atoms with Gasteiger partial charge in [-0.25, -0.2) is 9.59 Å². The molecule has 0 aliphatic heterocycles. The maximum absolute atomic E-state index is 9.60. The van der Waals surface area contributed by atoms with Gasteiger partial charge in [0, 0.05) is 24.4 Å². The van der Waals surface area contributed by atoms with Crippen LogP contribution in [-0.2, 0) is 9.59 Å². The number of aliphatic carboxylic acids is 2. The fourth-order valence-electron chi connectivity index (χ4n) is 3.56. The Morgan fingerprint density at radius 2 is 1.38 bits per heavy atom. The molecular weight excluding hydrogens is 336 g/mol. The molecule has 2 saturated carbocycles. The van der Waals surface area contributed by atoms with E-state index in [0.29, 0.717) is 17.8 Å². The summed E-state index contributed by atoms with van der Waals surface area (Å²) in [5.74, 6) is 0.496. The van der Waals surface area contributed by atoms with Crippen LogP contribution in [0.5, 0.6) is 0 Å². The lowest BCUT2D eigenvalue weighted by molar-refractivity contribution is -0.133. The van der Waals surface area contributed by atoms with E-state index in [1.807, 2.05) is 0 Å². The summed E-state index contributed by atoms with van der Waals surface area (Å²) in [5, 5.41) is 34.5. The second-order valence-corrected chi connectivity index (χ2v) is 7.33. The van der Waals surface area contributed by atoms with E-state index in [1.54, 1.807) is 0 Å². The first-order valence-electron chi connectivity index (χ1n) is 9.13. The Hall–Kier alpha value is -1.66. The van der Waals surface area contributed by atoms with E-state index < -0.39 is 11.9 Å². The quantitative estimate of drug-likeness (QED) is 0.565. The smallest absolute Gasteiger partial charge is 0.330 e. The Labute approximate surface area is 156 Å². The van der Waals surface area contributed by atoms with Gasteiger partial charge in [0.15, 0.2) is 0 Å². The van der Waals surface area contributed by atoms with Crippen LogP contribution in [0, 0.1) is 23.7 Å². The SMILES string of the molecule is C=C(C)C(=O)O.C=C(C)C(=O)O.OCC1CCCC2CCC(C2)C1CO. The fourth-order valence-corrected chi connectivity index (χ4v) is 3.56. The number of rotatable bonds is 4. The number of fused-ring (bicyclic) bond motifs is 2. The van der Waals surface area contributed by atoms with Crippen molar-refractivity contribution in [2.75, 3.05) is 13.2 Å². The molecule has 4 unspecified atom stereocenters. The molecule has 150 valence electrons. The predicted molar refractivity (Wildman–Crippen MR) is 101 cm³/mol. The van der Waals surface area contributed by atoms with E-state index in [1.165, 1.54) is 46.0 Å². The van der Waals surface area contributed by atoms with Crippen molar-refractivity contribution in [2.24, 2.45) is 23.7 Å². The van der Waals surface area contributed by atoms with Crippen LogP contribution in [0.3, 0.4) is 0 Å². The summed E-state index contributed by atoms with van der Waals surface area (Å²) in [4.78, 5) is 19.2. The first kappa shape index (κ1) is 24.3. The van der Waals surface area contributed by atoms with E-state index in [9.17, 15) is 19.8 Å². The highest BCUT2D eigenvalue weighted by molar-refractivity contribution is 5.85. The molecular formula is C20H34O6. The van der Waals surface area contributed by atoms with Crippen molar-refractivity contribution >= 4 is 11.9 Å². The van der Waals surface area contributed by atoms with Gasteiger partial charge < -0.3 is 20.4 Å². The molecule has 2 aliphatic carbocycles. The zero-order valence-corrected chi connectivity index (χ0v) is 16.0. The first-order valence-corrected chi connectivity index (χ1v) is 9.13. The Kier molecular flexibility index (Phi) is 11.8. The van der Waals surface area contributed by atoms with Crippen LogP contribution in [0.1, 0.15) is 52.4 Å². The van der Waals surface area contributed by atoms with Crippen LogP contribution < -0.4 is 0 Å². The van der Waals surface area contributed by atoms with Crippen molar-refractivity contribution in [3.63, 3.8) is 0 Å². The van der Waals surface area contributed by atoms with Crippen LogP contribution in [-0.4, -0.2) is 45.6 Å². The van der Waals surface area contributed by atoms with Gasteiger partial charge in [0.05, 0.1) is 0 Å². The van der Waals surface area contributed by atoms with Crippen LogP contribution in [0.15, 0.2) is 24.3 Å². The third-order valence-electron chi connectivity index (χ3n) is 5.16. The minimum absolute atomic E-state index is 0.176. The molecule has 0 saturated heterocycles. The van der Waals surface area contributed by atoms with Gasteiger partial charge in [-0.3, -0.25) is 0 Å². The number of aliphatic hydroxyl groups excluding tert-OH is 2. The molecule has 0 aromatic rings. The minimum Gasteiger partial charge on any atom is -0.478 e. The van der Waals surface area contributed by atoms with Crippen LogP contribution in [0.2, 0.25) is 0 Å². The molecule has 0 amide bonds. The summed E-state index contributed by atoms with van der Waals surface area (Å²) in [7, 11) is 0. The number of carboxylic acid groups (broad SMARTS) is 2. The lowest BCUT2D eigenvalue weighted by Gasteiger charge is -2.31. The van der Waals surface area contributed by atoms with Crippen LogP contribution >= 0.6 is 0 Å². The summed E-state index contributed by atoms with van der Waals surface area (Å²) in [6, 6.07) is 0. The third-order valence-corrected chi connectivity index (χ3v) is 5.16. The lowest BCUT2D eigenvalue weighted by atomic mass is 9.76. The van der Waals surface area contributed by atoms with E-state index in [-0.39, 0.29) is 24.4 Å². The van der Waals surface area contributed by atoms with E-state index in [4.69, 9.17) is 10.2 Å². The molecule has 0 heterocycles. The zero-order chi connectivity index (χ0) is 20.3. The molecule has 0 aromatic heterocycles. The highest BCUT2D eigenvalue weighted by atomic mass is 16.4. The van der Waals surface area contributed by atoms with Gasteiger partial charge in [-0.2, -0.15) is 0 Å². The van der Waals surface area contributed by atoms with Gasteiger partial charge >= 0.3 is 11.9 Å². The number of hydrogen-bond acceptors (Lipinski definition) is 4. The molecule has 26 heavy (non-hydrogen) atoms. The van der Waals surface area contributed by atoms with Crippen molar-refractivity contribution in [1.82, 2.24) is 0 Å². The van der Waals surface area contributed by atoms with Crippen molar-refractivity contribution in [2.45, 2.75) is 52.4 Å². The summed E-state index contributed by atoms with van der Waals surface area (Å²) < 4.78 is 0. The average Bonchev–Trinajstić information content (AvgIpc) is 3.04. The summed E-state index contributed by atoms with van der Waals surface area (Å²) in [5.41, 5.74) is 0.352. The Morgan fingerprint density at radius 3 is 1.77 bits per heavy atom. The molecule has 2 fully saturated rings. The molecule has 2 aliphatic rings. The van der Waals surface area contributed by atoms with Crippen molar-refractivity contribution in [3.05, 3.63) is 24.3 Å². The van der Waals surface area contributed by atoms with Gasteiger partial charge in [0.25, 0.3) is 0 Å². The highest BCUT2D eigenvalue weighted by Crippen LogP contribution is 2.44. The second kappa shape index (κ2) is 12.7. The maximum Gasteiger partial charge on any atom is 0.330 e. The van der Waals surface area contributed by atoms with Gasteiger partial charge in [-0.05, 0) is 56.8 Å². The summed E-state index contributed by atoms with van der Waals surface area (Å²) in [6.45, 7) is 9.75. The summed E-state index contributed by atoms with van der Waals surface area (Å²) >= 11 is 0. The first-order chi connectivity index (χ1) is 12.1. The number of carboxylic acids is 2. The molecule has 4 N–H and O–H groups in total. The average molecular weight is 370 g/mol. The monoisotopic (exact) mass is 370 g/mol. The number of aliphatic hydroxyl groups is 2. The zero-order valence-electron chi connectivity index (χ0n) is 16.0. The van der Waals surface area contributed by atoms with E-state index in [0.717, 1.165) is 12.3 Å². The molecule has 0 spiro atoms. The van der Waals surface area contributed by atoms with Crippen molar-refractivity contribution in [1.29, 1.82) is 0 Å². The Balaban J connectivity index is 0.000000437. The minimum atomic E-state index is -0.935. The standard InChI is InChI=1S/C12H22O2.2C4H6O2/c13-7-11-3-1-2-9-4-5-10(6-9)12(11)8-14;2*1-3(2)4(5)6/h9-14H,1-8H2;2*1H2,2H3,(H,5,6). The Morgan fingerprint density at radius 1 is 0.885 bits per heavy atom. The molecule has 0 radical (unpaired) electrons. The molecule has 0 aromatic carbocycles. The lowest BCUT2D eigenvalue weighted by Crippen LogP contribution is -2.29. The van der Waals surface area contributed by atoms with E-state index in [2.05, 4.69) is 13.2 Å². The van der Waals surface area contributed by atoms with Crippen molar-refractivity contribution in [3.8, 4) is 0 Å². The van der Waals surface area contributed by atoms with Gasteiger partial charge in [-0.1, -0.05) is 32.4 Å². The fraction of sp³-hybridized carbons (Fsp3) is 0.700. The molecule has 4 atom stereocenters. The van der Waals surface area contributed by atoms with Crippen molar-refractivity contribution < 1.29 is 30.0 Å².